The van der Waals surface area contributed by atoms with Crippen molar-refractivity contribution in [1.82, 2.24) is 0 Å². The van der Waals surface area contributed by atoms with Crippen LogP contribution < -0.4 is 15.1 Å². The molecule has 0 bridgehead atoms. The van der Waals surface area contributed by atoms with Crippen molar-refractivity contribution in [2.75, 3.05) is 28.2 Å². The lowest BCUT2D eigenvalue weighted by Gasteiger charge is -2.19. The summed E-state index contributed by atoms with van der Waals surface area (Å²) in [6.45, 7) is 4.23. The average Bonchev–Trinajstić information content (AvgIpc) is 3.27. The second-order valence-corrected chi connectivity index (χ2v) is 7.61. The lowest BCUT2D eigenvalue weighted by molar-refractivity contribution is -0.122. The predicted octanol–water partition coefficient (Wildman–Crippen LogP) is 3.03. The molecule has 0 radical (unpaired) electrons. The molecule has 0 unspecified atom stereocenters. The summed E-state index contributed by atoms with van der Waals surface area (Å²) in [6.07, 6.45) is 0.817. The molecule has 7 heteroatoms. The first-order valence-electron chi connectivity index (χ1n) is 9.62. The van der Waals surface area contributed by atoms with Crippen molar-refractivity contribution in [3.05, 3.63) is 53.3 Å². The lowest BCUT2D eigenvalue weighted by atomic mass is 10.1. The molecule has 0 saturated carbocycles. The van der Waals surface area contributed by atoms with Crippen LogP contribution in [0.5, 0.6) is 0 Å². The zero-order chi connectivity index (χ0) is 20.7. The average molecular weight is 395 g/mol. The molecule has 1 atom stereocenters. The van der Waals surface area contributed by atoms with Gasteiger partial charge < -0.3 is 15.1 Å². The Hall–Kier alpha value is -3.22. The smallest absolute Gasteiger partial charge is 0.229 e. The van der Waals surface area contributed by atoms with Crippen LogP contribution in [-0.2, 0) is 20.8 Å². The third-order valence-electron chi connectivity index (χ3n) is 5.53. The first-order chi connectivity index (χ1) is 13.8. The first-order valence-corrected chi connectivity index (χ1v) is 9.62. The molecule has 0 aliphatic carbocycles. The number of aryl methyl sites for hydroxylation is 1. The first kappa shape index (κ1) is 19.1. The van der Waals surface area contributed by atoms with Crippen LogP contribution in [0.4, 0.5) is 21.5 Å². The van der Waals surface area contributed by atoms with Crippen molar-refractivity contribution in [1.29, 1.82) is 0 Å². The molecular weight excluding hydrogens is 373 g/mol. The summed E-state index contributed by atoms with van der Waals surface area (Å²) in [5.41, 5.74) is 3.57. The largest absolute Gasteiger partial charge is 0.323 e. The SMILES string of the molecule is CC(=O)N1CCc2cc(N3C[C@@H](C(=O)Nc4cc(C)ccc4F)CC3=O)ccc21. The summed E-state index contributed by atoms with van der Waals surface area (Å²) in [7, 11) is 0. The van der Waals surface area contributed by atoms with Gasteiger partial charge in [0.1, 0.15) is 5.82 Å². The van der Waals surface area contributed by atoms with Crippen LogP contribution in [-0.4, -0.2) is 30.8 Å². The minimum atomic E-state index is -0.551. The summed E-state index contributed by atoms with van der Waals surface area (Å²) in [5, 5.41) is 2.61. The highest BCUT2D eigenvalue weighted by Gasteiger charge is 2.36. The number of anilines is 3. The number of amides is 3. The van der Waals surface area contributed by atoms with Gasteiger partial charge in [0.25, 0.3) is 0 Å². The standard InChI is InChI=1S/C22H22FN3O3/c1-13-3-5-18(23)19(9-13)24-22(29)16-11-21(28)26(12-16)17-4-6-20-15(10-17)7-8-25(20)14(2)27/h3-6,9-10,16H,7-8,11-12H2,1-2H3,(H,24,29)/t16-/m0/s1. The topological polar surface area (TPSA) is 69.7 Å². The van der Waals surface area contributed by atoms with Gasteiger partial charge in [0, 0.05) is 37.8 Å². The summed E-state index contributed by atoms with van der Waals surface area (Å²) in [4.78, 5) is 40.2. The van der Waals surface area contributed by atoms with E-state index in [9.17, 15) is 18.8 Å². The zero-order valence-electron chi connectivity index (χ0n) is 16.4. The normalized spacial score (nSPS) is 18.2. The molecule has 29 heavy (non-hydrogen) atoms. The molecule has 0 aromatic heterocycles. The van der Waals surface area contributed by atoms with E-state index >= 15 is 0 Å². The minimum Gasteiger partial charge on any atom is -0.323 e. The lowest BCUT2D eigenvalue weighted by Crippen LogP contribution is -2.28. The molecule has 2 heterocycles. The van der Waals surface area contributed by atoms with Gasteiger partial charge >= 0.3 is 0 Å². The highest BCUT2D eigenvalue weighted by atomic mass is 19.1. The maximum absolute atomic E-state index is 13.9. The van der Waals surface area contributed by atoms with Crippen molar-refractivity contribution in [3.63, 3.8) is 0 Å². The van der Waals surface area contributed by atoms with Crippen LogP contribution in [0.25, 0.3) is 0 Å². The number of halogens is 1. The van der Waals surface area contributed by atoms with Crippen molar-refractivity contribution in [3.8, 4) is 0 Å². The van der Waals surface area contributed by atoms with Gasteiger partial charge in [-0.15, -0.1) is 0 Å². The summed E-state index contributed by atoms with van der Waals surface area (Å²) >= 11 is 0. The van der Waals surface area contributed by atoms with Gasteiger partial charge in [-0.05, 0) is 54.8 Å². The fourth-order valence-corrected chi connectivity index (χ4v) is 3.99. The monoisotopic (exact) mass is 395 g/mol. The van der Waals surface area contributed by atoms with Gasteiger partial charge in [-0.2, -0.15) is 0 Å². The zero-order valence-corrected chi connectivity index (χ0v) is 16.4. The molecule has 1 fully saturated rings. The van der Waals surface area contributed by atoms with Gasteiger partial charge in [0.2, 0.25) is 17.7 Å². The van der Waals surface area contributed by atoms with Crippen LogP contribution in [0.15, 0.2) is 36.4 Å². The van der Waals surface area contributed by atoms with Crippen LogP contribution in [0.1, 0.15) is 24.5 Å². The van der Waals surface area contributed by atoms with E-state index in [-0.39, 0.29) is 36.4 Å². The Kier molecular flexibility index (Phi) is 4.82. The van der Waals surface area contributed by atoms with Gasteiger partial charge in [-0.1, -0.05) is 6.07 Å². The summed E-state index contributed by atoms with van der Waals surface area (Å²) < 4.78 is 13.9. The van der Waals surface area contributed by atoms with Crippen molar-refractivity contribution < 1.29 is 18.8 Å². The molecular formula is C22H22FN3O3. The highest BCUT2D eigenvalue weighted by molar-refractivity contribution is 6.04. The van der Waals surface area contributed by atoms with Gasteiger partial charge in [-0.25, -0.2) is 4.39 Å². The molecule has 0 spiro atoms. The third-order valence-corrected chi connectivity index (χ3v) is 5.53. The Morgan fingerprint density at radius 2 is 1.97 bits per heavy atom. The number of benzene rings is 2. The number of rotatable bonds is 3. The highest BCUT2D eigenvalue weighted by Crippen LogP contribution is 2.34. The van der Waals surface area contributed by atoms with E-state index in [0.717, 1.165) is 28.9 Å². The van der Waals surface area contributed by atoms with Crippen LogP contribution in [0, 0.1) is 18.7 Å². The second-order valence-electron chi connectivity index (χ2n) is 7.61. The van der Waals surface area contributed by atoms with E-state index in [1.165, 1.54) is 13.0 Å². The fraction of sp³-hybridized carbons (Fsp3) is 0.318. The van der Waals surface area contributed by atoms with E-state index in [4.69, 9.17) is 0 Å². The molecule has 150 valence electrons. The van der Waals surface area contributed by atoms with E-state index in [2.05, 4.69) is 5.32 Å². The Labute approximate surface area is 168 Å². The third kappa shape index (κ3) is 3.60. The van der Waals surface area contributed by atoms with Gasteiger partial charge in [0.05, 0.1) is 11.6 Å². The molecule has 4 rings (SSSR count). The van der Waals surface area contributed by atoms with E-state index in [0.29, 0.717) is 6.54 Å². The number of hydrogen-bond donors (Lipinski definition) is 1. The fourth-order valence-electron chi connectivity index (χ4n) is 3.99. The number of fused-ring (bicyclic) bond motifs is 1. The Morgan fingerprint density at radius 3 is 2.72 bits per heavy atom. The van der Waals surface area contributed by atoms with E-state index in [1.807, 2.05) is 19.1 Å². The molecule has 2 aliphatic heterocycles. The minimum absolute atomic E-state index is 0.00568. The quantitative estimate of drug-likeness (QED) is 0.869. The maximum Gasteiger partial charge on any atom is 0.229 e. The summed E-state index contributed by atoms with van der Waals surface area (Å²) in [5.74, 6) is -1.57. The number of nitrogens with one attached hydrogen (secondary N) is 1. The number of hydrogen-bond acceptors (Lipinski definition) is 3. The molecule has 2 aliphatic rings. The van der Waals surface area contributed by atoms with E-state index in [1.54, 1.807) is 28.0 Å². The molecule has 2 aromatic carbocycles. The Balaban J connectivity index is 1.49. The Bertz CT molecular complexity index is 1020. The van der Waals surface area contributed by atoms with Crippen molar-refractivity contribution >= 4 is 34.8 Å². The number of carbonyl (C=O) groups excluding carboxylic acids is 3. The summed E-state index contributed by atoms with van der Waals surface area (Å²) in [6, 6.07) is 10.1. The molecule has 1 N–H and O–H groups in total. The number of carbonyl (C=O) groups is 3. The second kappa shape index (κ2) is 7.31. The molecule has 6 nitrogen and oxygen atoms in total. The Morgan fingerprint density at radius 1 is 1.17 bits per heavy atom. The molecule has 2 aromatic rings. The van der Waals surface area contributed by atoms with E-state index < -0.39 is 11.7 Å². The molecule has 3 amide bonds. The van der Waals surface area contributed by atoms with Gasteiger partial charge in [-0.3, -0.25) is 14.4 Å². The maximum atomic E-state index is 13.9. The predicted molar refractivity (Wildman–Crippen MR) is 108 cm³/mol. The number of nitrogens with zero attached hydrogens (tertiary/aromatic N) is 2. The van der Waals surface area contributed by atoms with Crippen LogP contribution in [0.3, 0.4) is 0 Å². The van der Waals surface area contributed by atoms with Crippen LogP contribution in [0.2, 0.25) is 0 Å². The molecule has 1 saturated heterocycles. The van der Waals surface area contributed by atoms with Crippen molar-refractivity contribution in [2.24, 2.45) is 5.92 Å². The van der Waals surface area contributed by atoms with Gasteiger partial charge in [0.15, 0.2) is 0 Å². The van der Waals surface area contributed by atoms with Crippen molar-refractivity contribution in [2.45, 2.75) is 26.7 Å². The van der Waals surface area contributed by atoms with Crippen LogP contribution >= 0.6 is 0 Å².